The van der Waals surface area contributed by atoms with Gasteiger partial charge in [0.2, 0.25) is 0 Å². The number of rotatable bonds is 5. The summed E-state index contributed by atoms with van der Waals surface area (Å²) >= 11 is 0. The fourth-order valence-electron chi connectivity index (χ4n) is 1.43. The SMILES string of the molecule is CCC(COC)NC(=O)c1ccccc1N. The molecule has 1 aromatic rings. The summed E-state index contributed by atoms with van der Waals surface area (Å²) in [6.07, 6.45) is 0.826. The van der Waals surface area contributed by atoms with E-state index in [1.165, 1.54) is 0 Å². The molecule has 0 fully saturated rings. The van der Waals surface area contributed by atoms with Gasteiger partial charge in [-0.25, -0.2) is 0 Å². The van der Waals surface area contributed by atoms with Crippen molar-refractivity contribution < 1.29 is 9.53 Å². The highest BCUT2D eigenvalue weighted by Crippen LogP contribution is 2.10. The highest BCUT2D eigenvalue weighted by Gasteiger charge is 2.13. The van der Waals surface area contributed by atoms with Crippen molar-refractivity contribution in [3.63, 3.8) is 0 Å². The smallest absolute Gasteiger partial charge is 0.253 e. The molecule has 3 N–H and O–H groups in total. The third-order valence-electron chi connectivity index (χ3n) is 2.40. The van der Waals surface area contributed by atoms with Gasteiger partial charge in [-0.2, -0.15) is 0 Å². The van der Waals surface area contributed by atoms with Gasteiger partial charge in [0.05, 0.1) is 18.2 Å². The summed E-state index contributed by atoms with van der Waals surface area (Å²) in [5, 5.41) is 2.88. The predicted molar refractivity (Wildman–Crippen MR) is 64.3 cm³/mol. The molecule has 0 saturated carbocycles. The molecule has 0 spiro atoms. The van der Waals surface area contributed by atoms with Gasteiger partial charge in [0.15, 0.2) is 0 Å². The molecule has 0 radical (unpaired) electrons. The number of nitrogens with one attached hydrogen (secondary N) is 1. The summed E-state index contributed by atoms with van der Waals surface area (Å²) in [4.78, 5) is 11.9. The van der Waals surface area contributed by atoms with E-state index in [1.54, 1.807) is 31.4 Å². The van der Waals surface area contributed by atoms with Crippen molar-refractivity contribution >= 4 is 11.6 Å². The third-order valence-corrected chi connectivity index (χ3v) is 2.40. The van der Waals surface area contributed by atoms with Crippen LogP contribution in [-0.2, 0) is 4.74 Å². The minimum atomic E-state index is -0.151. The van der Waals surface area contributed by atoms with E-state index in [2.05, 4.69) is 5.32 Å². The quantitative estimate of drug-likeness (QED) is 0.741. The van der Waals surface area contributed by atoms with Crippen LogP contribution in [0, 0.1) is 0 Å². The number of para-hydroxylation sites is 1. The fraction of sp³-hybridized carbons (Fsp3) is 0.417. The summed E-state index contributed by atoms with van der Waals surface area (Å²) in [5.74, 6) is -0.151. The zero-order chi connectivity index (χ0) is 12.0. The molecule has 1 unspecified atom stereocenters. The maximum atomic E-state index is 11.9. The van der Waals surface area contributed by atoms with Crippen LogP contribution < -0.4 is 11.1 Å². The zero-order valence-electron chi connectivity index (χ0n) is 9.69. The monoisotopic (exact) mass is 222 g/mol. The number of hydrogen-bond donors (Lipinski definition) is 2. The number of hydrogen-bond acceptors (Lipinski definition) is 3. The van der Waals surface area contributed by atoms with Crippen LogP contribution in [0.2, 0.25) is 0 Å². The maximum absolute atomic E-state index is 11.9. The predicted octanol–water partition coefficient (Wildman–Crippen LogP) is 1.42. The number of amides is 1. The molecule has 0 aliphatic heterocycles. The first-order chi connectivity index (χ1) is 7.69. The van der Waals surface area contributed by atoms with E-state index < -0.39 is 0 Å². The Labute approximate surface area is 95.8 Å². The number of methoxy groups -OCH3 is 1. The Balaban J connectivity index is 2.68. The van der Waals surface area contributed by atoms with Crippen LogP contribution in [0.5, 0.6) is 0 Å². The topological polar surface area (TPSA) is 64.3 Å². The lowest BCUT2D eigenvalue weighted by molar-refractivity contribution is 0.0895. The van der Waals surface area contributed by atoms with Crippen molar-refractivity contribution in [2.24, 2.45) is 0 Å². The van der Waals surface area contributed by atoms with Crippen LogP contribution in [0.15, 0.2) is 24.3 Å². The van der Waals surface area contributed by atoms with Gasteiger partial charge in [-0.3, -0.25) is 4.79 Å². The number of carbonyl (C=O) groups excluding carboxylic acids is 1. The molecular formula is C12H18N2O2. The first kappa shape index (κ1) is 12.5. The largest absolute Gasteiger partial charge is 0.398 e. The first-order valence-electron chi connectivity index (χ1n) is 5.33. The van der Waals surface area contributed by atoms with Gasteiger partial charge in [-0.15, -0.1) is 0 Å². The van der Waals surface area contributed by atoms with Crippen molar-refractivity contribution in [3.05, 3.63) is 29.8 Å². The molecule has 1 aromatic carbocycles. The molecular weight excluding hydrogens is 204 g/mol. The zero-order valence-corrected chi connectivity index (χ0v) is 9.69. The second-order valence-electron chi connectivity index (χ2n) is 3.62. The Hall–Kier alpha value is -1.55. The van der Waals surface area contributed by atoms with Gasteiger partial charge >= 0.3 is 0 Å². The lowest BCUT2D eigenvalue weighted by Crippen LogP contribution is -2.37. The summed E-state index contributed by atoms with van der Waals surface area (Å²) in [6, 6.07) is 7.05. The first-order valence-corrected chi connectivity index (χ1v) is 5.33. The lowest BCUT2D eigenvalue weighted by Gasteiger charge is -2.16. The number of ether oxygens (including phenoxy) is 1. The Morgan fingerprint density at radius 3 is 2.75 bits per heavy atom. The highest BCUT2D eigenvalue weighted by molar-refractivity contribution is 5.99. The van der Waals surface area contributed by atoms with E-state index in [1.807, 2.05) is 6.92 Å². The van der Waals surface area contributed by atoms with Gasteiger partial charge in [-0.05, 0) is 18.6 Å². The minimum absolute atomic E-state index is 0.0251. The van der Waals surface area contributed by atoms with Crippen molar-refractivity contribution in [3.8, 4) is 0 Å². The summed E-state index contributed by atoms with van der Waals surface area (Å²) in [6.45, 7) is 2.51. The number of nitrogens with two attached hydrogens (primary N) is 1. The van der Waals surface area contributed by atoms with Gasteiger partial charge in [0, 0.05) is 12.8 Å². The fourth-order valence-corrected chi connectivity index (χ4v) is 1.43. The normalized spacial score (nSPS) is 12.1. The van der Waals surface area contributed by atoms with E-state index in [0.29, 0.717) is 17.9 Å². The van der Waals surface area contributed by atoms with Gasteiger partial charge < -0.3 is 15.8 Å². The van der Waals surface area contributed by atoms with Crippen LogP contribution in [0.25, 0.3) is 0 Å². The molecule has 1 amide bonds. The van der Waals surface area contributed by atoms with Gasteiger partial charge in [0.25, 0.3) is 5.91 Å². The van der Waals surface area contributed by atoms with Crippen molar-refractivity contribution in [1.82, 2.24) is 5.32 Å². The van der Waals surface area contributed by atoms with Crippen LogP contribution >= 0.6 is 0 Å². The van der Waals surface area contributed by atoms with Crippen molar-refractivity contribution in [2.75, 3.05) is 19.5 Å². The molecule has 0 saturated heterocycles. The molecule has 4 nitrogen and oxygen atoms in total. The molecule has 0 heterocycles. The minimum Gasteiger partial charge on any atom is -0.398 e. The maximum Gasteiger partial charge on any atom is 0.253 e. The number of nitrogen functional groups attached to an aromatic ring is 1. The summed E-state index contributed by atoms with van der Waals surface area (Å²) < 4.78 is 5.02. The molecule has 4 heteroatoms. The summed E-state index contributed by atoms with van der Waals surface area (Å²) in [7, 11) is 1.62. The Morgan fingerprint density at radius 2 is 2.19 bits per heavy atom. The molecule has 0 bridgehead atoms. The van der Waals surface area contributed by atoms with Crippen molar-refractivity contribution in [1.29, 1.82) is 0 Å². The average molecular weight is 222 g/mol. The second-order valence-corrected chi connectivity index (χ2v) is 3.62. The third kappa shape index (κ3) is 3.24. The molecule has 16 heavy (non-hydrogen) atoms. The lowest BCUT2D eigenvalue weighted by atomic mass is 10.1. The van der Waals surface area contributed by atoms with Gasteiger partial charge in [0.1, 0.15) is 0 Å². The van der Waals surface area contributed by atoms with Gasteiger partial charge in [-0.1, -0.05) is 19.1 Å². The Bertz CT molecular complexity index is 353. The van der Waals surface area contributed by atoms with E-state index in [9.17, 15) is 4.79 Å². The number of carbonyl (C=O) groups is 1. The average Bonchev–Trinajstić information content (AvgIpc) is 2.28. The molecule has 0 aliphatic carbocycles. The van der Waals surface area contributed by atoms with Crippen molar-refractivity contribution in [2.45, 2.75) is 19.4 Å². The van der Waals surface area contributed by atoms with Crippen LogP contribution in [0.3, 0.4) is 0 Å². The molecule has 1 rings (SSSR count). The Kier molecular flexibility index (Phi) is 4.79. The molecule has 1 atom stereocenters. The number of benzene rings is 1. The van der Waals surface area contributed by atoms with E-state index in [0.717, 1.165) is 6.42 Å². The Morgan fingerprint density at radius 1 is 1.50 bits per heavy atom. The van der Waals surface area contributed by atoms with E-state index >= 15 is 0 Å². The van der Waals surface area contributed by atoms with Crippen LogP contribution in [0.4, 0.5) is 5.69 Å². The molecule has 0 aliphatic rings. The van der Waals surface area contributed by atoms with Crippen LogP contribution in [0.1, 0.15) is 23.7 Å². The van der Waals surface area contributed by atoms with E-state index in [4.69, 9.17) is 10.5 Å². The van der Waals surface area contributed by atoms with E-state index in [-0.39, 0.29) is 11.9 Å². The van der Waals surface area contributed by atoms with Crippen LogP contribution in [-0.4, -0.2) is 25.7 Å². The second kappa shape index (κ2) is 6.12. The standard InChI is InChI=1S/C12H18N2O2/c1-3-9(8-16-2)14-12(15)10-6-4-5-7-11(10)13/h4-7,9H,3,8,13H2,1-2H3,(H,14,15). The summed E-state index contributed by atoms with van der Waals surface area (Å²) in [5.41, 5.74) is 6.72. The molecule has 88 valence electrons. The molecule has 0 aromatic heterocycles. The number of anilines is 1. The highest BCUT2D eigenvalue weighted by atomic mass is 16.5.